The summed E-state index contributed by atoms with van der Waals surface area (Å²) in [7, 11) is -3.63. The highest BCUT2D eigenvalue weighted by atomic mass is 32.2. The van der Waals surface area contributed by atoms with Crippen LogP contribution in [-0.2, 0) is 29.3 Å². The van der Waals surface area contributed by atoms with Crippen LogP contribution in [0.15, 0.2) is 34.2 Å². The molecule has 25 heavy (non-hydrogen) atoms. The third-order valence-electron chi connectivity index (χ3n) is 4.06. The third-order valence-corrected chi connectivity index (χ3v) is 4.96. The van der Waals surface area contributed by atoms with Gasteiger partial charge in [-0.15, -0.1) is 0 Å². The van der Waals surface area contributed by atoms with Crippen LogP contribution in [0, 0.1) is 10.1 Å². The lowest BCUT2D eigenvalue weighted by atomic mass is 10.1. The van der Waals surface area contributed by atoms with E-state index < -0.39 is 20.3 Å². The Hall–Kier alpha value is -2.59. The molecule has 0 bridgehead atoms. The highest BCUT2D eigenvalue weighted by Crippen LogP contribution is 2.22. The first kappa shape index (κ1) is 17.2. The number of H-pyrrole nitrogens is 1. The lowest BCUT2D eigenvalue weighted by Gasteiger charge is -2.27. The second kappa shape index (κ2) is 6.37. The summed E-state index contributed by atoms with van der Waals surface area (Å²) < 4.78 is 23.3. The Morgan fingerprint density at radius 3 is 2.76 bits per heavy atom. The minimum absolute atomic E-state index is 0.0315. The fourth-order valence-corrected chi connectivity index (χ4v) is 3.40. The minimum Gasteiger partial charge on any atom is -0.297 e. The largest absolute Gasteiger partial charge is 0.297 e. The predicted molar refractivity (Wildman–Crippen MR) is 88.9 cm³/mol. The van der Waals surface area contributed by atoms with Crippen molar-refractivity contribution < 1.29 is 13.3 Å². The molecule has 0 spiro atoms. The molecule has 1 aliphatic heterocycles. The van der Waals surface area contributed by atoms with Gasteiger partial charge < -0.3 is 0 Å². The molecule has 2 aromatic rings. The van der Waals surface area contributed by atoms with Crippen molar-refractivity contribution in [1.82, 2.24) is 14.9 Å². The number of para-hydroxylation sites is 1. The fraction of sp³-hybridized carbons (Fsp3) is 0.333. The first-order valence-electron chi connectivity index (χ1n) is 7.52. The van der Waals surface area contributed by atoms with Crippen LogP contribution in [0.4, 0.5) is 5.69 Å². The van der Waals surface area contributed by atoms with E-state index in [1.165, 1.54) is 6.07 Å². The van der Waals surface area contributed by atoms with E-state index in [1.807, 2.05) is 4.90 Å². The van der Waals surface area contributed by atoms with Crippen molar-refractivity contribution in [2.45, 2.75) is 24.7 Å². The summed E-state index contributed by atoms with van der Waals surface area (Å²) in [6, 6.07) is 6.45. The molecule has 0 unspecified atom stereocenters. The Balaban J connectivity index is 1.90. The van der Waals surface area contributed by atoms with Gasteiger partial charge >= 0.3 is 0 Å². The fourth-order valence-electron chi connectivity index (χ4n) is 2.85. The number of nitro benzene ring substituents is 1. The molecule has 2 heterocycles. The number of benzene rings is 1. The number of hydrogen-bond donors (Lipinski definition) is 1. The van der Waals surface area contributed by atoms with E-state index in [2.05, 4.69) is 9.97 Å². The van der Waals surface area contributed by atoms with Crippen LogP contribution in [0.3, 0.4) is 0 Å². The van der Waals surface area contributed by atoms with Crippen LogP contribution in [0.1, 0.15) is 16.8 Å². The van der Waals surface area contributed by atoms with Crippen molar-refractivity contribution in [2.75, 3.05) is 12.8 Å². The second-order valence-electron chi connectivity index (χ2n) is 5.91. The van der Waals surface area contributed by atoms with Crippen molar-refractivity contribution in [3.8, 4) is 0 Å². The number of aromatic amines is 1. The standard InChI is InChI=1S/C15H16N4O5S/c1-25(23,24)15-16-12-9-18(7-6-11(12)14(20)17-15)8-10-4-2-3-5-13(10)19(21)22/h2-5H,6-9H2,1H3,(H,16,17,20). The number of sulfone groups is 1. The smallest absolute Gasteiger partial charge is 0.273 e. The van der Waals surface area contributed by atoms with Crippen molar-refractivity contribution in [2.24, 2.45) is 0 Å². The summed E-state index contributed by atoms with van der Waals surface area (Å²) in [6.45, 7) is 1.11. The maximum absolute atomic E-state index is 12.1. The zero-order valence-electron chi connectivity index (χ0n) is 13.4. The highest BCUT2D eigenvalue weighted by Gasteiger charge is 2.25. The van der Waals surface area contributed by atoms with Gasteiger partial charge in [-0.05, 0) is 6.42 Å². The molecule has 1 aromatic heterocycles. The molecule has 1 aliphatic rings. The van der Waals surface area contributed by atoms with Gasteiger partial charge in [-0.2, -0.15) is 0 Å². The first-order valence-corrected chi connectivity index (χ1v) is 9.41. The van der Waals surface area contributed by atoms with E-state index in [9.17, 15) is 23.3 Å². The molecule has 1 aromatic carbocycles. The van der Waals surface area contributed by atoms with Crippen LogP contribution >= 0.6 is 0 Å². The number of hydrogen-bond acceptors (Lipinski definition) is 7. The van der Waals surface area contributed by atoms with E-state index in [0.717, 1.165) is 6.26 Å². The summed E-state index contributed by atoms with van der Waals surface area (Å²) in [4.78, 5) is 31.0. The highest BCUT2D eigenvalue weighted by molar-refractivity contribution is 7.90. The van der Waals surface area contributed by atoms with E-state index >= 15 is 0 Å². The van der Waals surface area contributed by atoms with Crippen molar-refractivity contribution >= 4 is 15.5 Å². The maximum atomic E-state index is 12.1. The second-order valence-corrected chi connectivity index (χ2v) is 7.85. The van der Waals surface area contributed by atoms with Crippen molar-refractivity contribution in [1.29, 1.82) is 0 Å². The average Bonchev–Trinajstić information content (AvgIpc) is 2.54. The van der Waals surface area contributed by atoms with Gasteiger partial charge in [-0.1, -0.05) is 18.2 Å². The summed E-state index contributed by atoms with van der Waals surface area (Å²) >= 11 is 0. The maximum Gasteiger partial charge on any atom is 0.273 e. The van der Waals surface area contributed by atoms with Gasteiger partial charge in [0.15, 0.2) is 0 Å². The van der Waals surface area contributed by atoms with Gasteiger partial charge in [0.25, 0.3) is 11.2 Å². The SMILES string of the molecule is CS(=O)(=O)c1nc2c(c(=O)[nH]1)CCN(Cc1ccccc1[N+](=O)[O-])C2. The molecule has 0 saturated heterocycles. The Morgan fingerprint density at radius 1 is 1.36 bits per heavy atom. The summed E-state index contributed by atoms with van der Waals surface area (Å²) in [6.07, 6.45) is 1.38. The van der Waals surface area contributed by atoms with E-state index in [1.54, 1.807) is 18.2 Å². The van der Waals surface area contributed by atoms with Gasteiger partial charge in [-0.3, -0.25) is 24.8 Å². The topological polar surface area (TPSA) is 126 Å². The van der Waals surface area contributed by atoms with Gasteiger partial charge in [0, 0.05) is 43.1 Å². The van der Waals surface area contributed by atoms with E-state index in [-0.39, 0.29) is 17.4 Å². The summed E-state index contributed by atoms with van der Waals surface area (Å²) in [5.41, 5.74) is 1.00. The van der Waals surface area contributed by atoms with Crippen LogP contribution in [0.5, 0.6) is 0 Å². The number of fused-ring (bicyclic) bond motifs is 1. The number of nitrogens with zero attached hydrogens (tertiary/aromatic N) is 3. The Bertz CT molecular complexity index is 999. The van der Waals surface area contributed by atoms with Gasteiger partial charge in [0.05, 0.1) is 10.6 Å². The molecule has 9 nitrogen and oxygen atoms in total. The molecule has 10 heteroatoms. The van der Waals surface area contributed by atoms with Crippen LogP contribution in [-0.4, -0.2) is 41.0 Å². The summed E-state index contributed by atoms with van der Waals surface area (Å²) in [5, 5.41) is 10.8. The Kier molecular flexibility index (Phi) is 4.39. The van der Waals surface area contributed by atoms with E-state index in [0.29, 0.717) is 36.3 Å². The quantitative estimate of drug-likeness (QED) is 0.479. The molecule has 0 radical (unpaired) electrons. The Labute approximate surface area is 143 Å². The number of aromatic nitrogens is 2. The number of rotatable bonds is 4. The predicted octanol–water partition coefficient (Wildman–Crippen LogP) is 0.640. The monoisotopic (exact) mass is 364 g/mol. The number of nitro groups is 1. The Morgan fingerprint density at radius 2 is 2.08 bits per heavy atom. The molecule has 132 valence electrons. The third kappa shape index (κ3) is 3.59. The van der Waals surface area contributed by atoms with Crippen LogP contribution < -0.4 is 5.56 Å². The first-order chi connectivity index (χ1) is 11.8. The molecule has 0 atom stereocenters. The molecular formula is C15H16N4O5S. The minimum atomic E-state index is -3.63. The molecule has 0 aliphatic carbocycles. The van der Waals surface area contributed by atoms with E-state index in [4.69, 9.17) is 0 Å². The van der Waals surface area contributed by atoms with Crippen molar-refractivity contribution in [3.63, 3.8) is 0 Å². The molecular weight excluding hydrogens is 348 g/mol. The number of nitrogens with one attached hydrogen (secondary N) is 1. The zero-order chi connectivity index (χ0) is 18.2. The van der Waals surface area contributed by atoms with Gasteiger partial charge in [0.1, 0.15) is 0 Å². The summed E-state index contributed by atoms with van der Waals surface area (Å²) in [5.74, 6) is 0. The van der Waals surface area contributed by atoms with Gasteiger partial charge in [0.2, 0.25) is 15.0 Å². The lowest BCUT2D eigenvalue weighted by molar-refractivity contribution is -0.385. The normalized spacial score (nSPS) is 14.9. The molecule has 0 fully saturated rings. The molecule has 3 rings (SSSR count). The van der Waals surface area contributed by atoms with Gasteiger partial charge in [-0.25, -0.2) is 13.4 Å². The van der Waals surface area contributed by atoms with Crippen molar-refractivity contribution in [3.05, 3.63) is 61.6 Å². The molecule has 0 saturated carbocycles. The molecule has 0 amide bonds. The lowest BCUT2D eigenvalue weighted by Crippen LogP contribution is -2.35. The molecule has 1 N–H and O–H groups in total. The average molecular weight is 364 g/mol. The van der Waals surface area contributed by atoms with Crippen LogP contribution in [0.25, 0.3) is 0 Å². The zero-order valence-corrected chi connectivity index (χ0v) is 14.2. The van der Waals surface area contributed by atoms with Crippen LogP contribution in [0.2, 0.25) is 0 Å².